The van der Waals surface area contributed by atoms with Gasteiger partial charge in [-0.05, 0) is 32.1 Å². The van der Waals surface area contributed by atoms with E-state index in [1.807, 2.05) is 6.92 Å². The fourth-order valence-electron chi connectivity index (χ4n) is 5.35. The largest absolute Gasteiger partial charge is 0.432 e. The van der Waals surface area contributed by atoms with Crippen molar-refractivity contribution in [2.24, 2.45) is 23.7 Å². The van der Waals surface area contributed by atoms with Gasteiger partial charge < -0.3 is 9.47 Å². The van der Waals surface area contributed by atoms with Crippen LogP contribution in [-0.2, 0) is 30.6 Å². The lowest BCUT2D eigenvalue weighted by Crippen LogP contribution is -2.70. The molecular weight excluding hydrogens is 326 g/mol. The number of aromatic nitrogens is 3. The zero-order valence-electron chi connectivity index (χ0n) is 14.5. The predicted molar refractivity (Wildman–Crippen MR) is 82.4 cm³/mol. The molecule has 4 aliphatic heterocycles. The first kappa shape index (κ1) is 15.7. The molecule has 4 saturated heterocycles. The highest BCUT2D eigenvalue weighted by molar-refractivity contribution is 5.74. The normalized spacial score (nSPS) is 48.6. The Bertz CT molecular complexity index is 682. The van der Waals surface area contributed by atoms with Crippen LogP contribution in [0.25, 0.3) is 0 Å². The smallest absolute Gasteiger partial charge is 0.313 e. The molecule has 1 unspecified atom stereocenters. The Morgan fingerprint density at radius 2 is 2.16 bits per heavy atom. The minimum Gasteiger partial charge on any atom is -0.432 e. The van der Waals surface area contributed by atoms with E-state index in [1.165, 1.54) is 6.33 Å². The summed E-state index contributed by atoms with van der Waals surface area (Å²) in [4.78, 5) is 28.5. The fourth-order valence-corrected chi connectivity index (χ4v) is 5.35. The number of carbonyl (C=O) groups is 1. The number of carbonyl (C=O) groups excluding carboxylic acids is 1. The van der Waals surface area contributed by atoms with Gasteiger partial charge in [0.15, 0.2) is 5.60 Å². The summed E-state index contributed by atoms with van der Waals surface area (Å²) < 4.78 is 13.6. The summed E-state index contributed by atoms with van der Waals surface area (Å²) in [7, 11) is 0. The van der Waals surface area contributed by atoms with Crippen LogP contribution in [0.1, 0.15) is 39.5 Å². The van der Waals surface area contributed by atoms with E-state index in [1.54, 1.807) is 11.0 Å². The number of fused-ring (bicyclic) bond motifs is 2. The summed E-state index contributed by atoms with van der Waals surface area (Å²) in [5.41, 5.74) is -0.729. The molecule has 5 aliphatic rings. The van der Waals surface area contributed by atoms with Crippen molar-refractivity contribution in [1.82, 2.24) is 14.8 Å². The Hall–Kier alpha value is -1.51. The van der Waals surface area contributed by atoms with Crippen LogP contribution in [0.2, 0.25) is 0 Å². The van der Waals surface area contributed by atoms with Crippen LogP contribution in [0.15, 0.2) is 12.7 Å². The molecule has 7 atom stereocenters. The molecule has 1 aromatic rings. The van der Waals surface area contributed by atoms with Gasteiger partial charge in [-0.15, -0.1) is 0 Å². The topological polar surface area (TPSA) is 84.7 Å². The van der Waals surface area contributed by atoms with Crippen LogP contribution < -0.4 is 0 Å². The standard InChI is InChI=1S/C17H23N3O5/c1-10-3-4-13-11(7-20-9-18-8-19-20)14(21)22-15-17(13)12(10)5-6-16(2,23-15)24-25-17/h8-13,15H,3-7H2,1-2H3/t10-,11+,12?,13+,15-,16+,17-/m1/s1. The molecule has 8 heteroatoms. The van der Waals surface area contributed by atoms with Gasteiger partial charge in [0.2, 0.25) is 12.1 Å². The van der Waals surface area contributed by atoms with Gasteiger partial charge >= 0.3 is 5.97 Å². The molecule has 0 N–H and O–H groups in total. The van der Waals surface area contributed by atoms with Gasteiger partial charge in [0, 0.05) is 18.3 Å². The van der Waals surface area contributed by atoms with Crippen LogP contribution >= 0.6 is 0 Å². The van der Waals surface area contributed by atoms with E-state index in [0.717, 1.165) is 25.7 Å². The van der Waals surface area contributed by atoms with E-state index in [0.29, 0.717) is 12.5 Å². The number of hydrogen-bond donors (Lipinski definition) is 0. The summed E-state index contributed by atoms with van der Waals surface area (Å²) >= 11 is 0. The van der Waals surface area contributed by atoms with Crippen LogP contribution in [0.3, 0.4) is 0 Å². The van der Waals surface area contributed by atoms with Crippen LogP contribution in [0, 0.1) is 23.7 Å². The van der Waals surface area contributed by atoms with Crippen molar-refractivity contribution in [3.05, 3.63) is 12.7 Å². The summed E-state index contributed by atoms with van der Waals surface area (Å²) in [5, 5.41) is 4.15. The molecule has 1 spiro atoms. The van der Waals surface area contributed by atoms with Gasteiger partial charge in [-0.2, -0.15) is 5.10 Å². The zero-order chi connectivity index (χ0) is 17.2. The zero-order valence-corrected chi connectivity index (χ0v) is 14.5. The number of nitrogens with zero attached hydrogens (tertiary/aromatic N) is 3. The average Bonchev–Trinajstić information content (AvgIpc) is 2.99. The third-order valence-corrected chi connectivity index (χ3v) is 6.64. The van der Waals surface area contributed by atoms with Gasteiger partial charge in [0.05, 0.1) is 12.5 Å². The van der Waals surface area contributed by atoms with Crippen molar-refractivity contribution >= 4 is 5.97 Å². The van der Waals surface area contributed by atoms with Gasteiger partial charge in [-0.3, -0.25) is 9.48 Å². The number of rotatable bonds is 2. The first-order valence-corrected chi connectivity index (χ1v) is 9.09. The highest BCUT2D eigenvalue weighted by Gasteiger charge is 2.70. The molecule has 1 saturated carbocycles. The third-order valence-electron chi connectivity index (χ3n) is 6.64. The second kappa shape index (κ2) is 5.25. The highest BCUT2D eigenvalue weighted by atomic mass is 17.3. The third kappa shape index (κ3) is 2.14. The van der Waals surface area contributed by atoms with Crippen molar-refractivity contribution in [1.29, 1.82) is 0 Å². The molecule has 0 amide bonds. The molecule has 5 heterocycles. The van der Waals surface area contributed by atoms with Crippen molar-refractivity contribution < 1.29 is 24.0 Å². The van der Waals surface area contributed by atoms with Gasteiger partial charge in [-0.25, -0.2) is 14.8 Å². The predicted octanol–water partition coefficient (Wildman–Crippen LogP) is 1.67. The highest BCUT2D eigenvalue weighted by Crippen LogP contribution is 2.59. The molecule has 0 radical (unpaired) electrons. The lowest BCUT2D eigenvalue weighted by Gasteiger charge is -2.58. The molecule has 8 nitrogen and oxygen atoms in total. The minimum atomic E-state index is -0.851. The maximum Gasteiger partial charge on any atom is 0.313 e. The van der Waals surface area contributed by atoms with E-state index in [9.17, 15) is 4.79 Å². The molecule has 2 bridgehead atoms. The van der Waals surface area contributed by atoms with E-state index >= 15 is 0 Å². The Labute approximate surface area is 145 Å². The monoisotopic (exact) mass is 349 g/mol. The Morgan fingerprint density at radius 1 is 1.28 bits per heavy atom. The maximum absolute atomic E-state index is 12.8. The first-order chi connectivity index (χ1) is 12.0. The van der Waals surface area contributed by atoms with Crippen LogP contribution in [-0.4, -0.2) is 38.4 Å². The molecule has 25 heavy (non-hydrogen) atoms. The van der Waals surface area contributed by atoms with Gasteiger partial charge in [0.1, 0.15) is 12.7 Å². The number of ether oxygens (including phenoxy) is 2. The summed E-state index contributed by atoms with van der Waals surface area (Å²) in [6.07, 6.45) is 6.01. The quantitative estimate of drug-likeness (QED) is 0.593. The second-order valence-corrected chi connectivity index (χ2v) is 8.07. The average molecular weight is 349 g/mol. The molecule has 1 aliphatic carbocycles. The van der Waals surface area contributed by atoms with Crippen LogP contribution in [0.4, 0.5) is 0 Å². The van der Waals surface area contributed by atoms with Crippen molar-refractivity contribution in [3.8, 4) is 0 Å². The minimum absolute atomic E-state index is 0.0215. The van der Waals surface area contributed by atoms with E-state index in [-0.39, 0.29) is 23.7 Å². The molecule has 136 valence electrons. The molecule has 0 aromatic carbocycles. The molecule has 1 aromatic heterocycles. The Balaban J connectivity index is 1.57. The van der Waals surface area contributed by atoms with Crippen molar-refractivity contribution in [3.63, 3.8) is 0 Å². The van der Waals surface area contributed by atoms with E-state index in [4.69, 9.17) is 19.2 Å². The van der Waals surface area contributed by atoms with Crippen LogP contribution in [0.5, 0.6) is 0 Å². The Kier molecular flexibility index (Phi) is 3.30. The molecular formula is C17H23N3O5. The summed E-state index contributed by atoms with van der Waals surface area (Å²) in [5.74, 6) is -0.753. The lowest BCUT2D eigenvalue weighted by molar-refractivity contribution is -0.559. The fraction of sp³-hybridized carbons (Fsp3) is 0.824. The molecule has 6 rings (SSSR count). The summed E-state index contributed by atoms with van der Waals surface area (Å²) in [6.45, 7) is 4.53. The Morgan fingerprint density at radius 3 is 2.96 bits per heavy atom. The lowest BCUT2D eigenvalue weighted by atomic mass is 9.58. The second-order valence-electron chi connectivity index (χ2n) is 8.07. The van der Waals surface area contributed by atoms with Gasteiger partial charge in [0.25, 0.3) is 0 Å². The summed E-state index contributed by atoms with van der Waals surface area (Å²) in [6, 6.07) is 0. The molecule has 5 fully saturated rings. The number of esters is 1. The number of hydrogen-bond acceptors (Lipinski definition) is 7. The SMILES string of the molecule is C[C@@H]1CC[C@H]2[C@H](Cn3cncn3)C(=O)O[C@@H]3O[C@]4(C)CCC1[C@]32OO4. The van der Waals surface area contributed by atoms with E-state index in [2.05, 4.69) is 17.0 Å². The van der Waals surface area contributed by atoms with Crippen molar-refractivity contribution in [2.45, 2.75) is 63.8 Å². The van der Waals surface area contributed by atoms with Gasteiger partial charge in [-0.1, -0.05) is 6.92 Å². The maximum atomic E-state index is 12.8. The first-order valence-electron chi connectivity index (χ1n) is 9.09. The van der Waals surface area contributed by atoms with Crippen molar-refractivity contribution in [2.75, 3.05) is 0 Å². The van der Waals surface area contributed by atoms with E-state index < -0.39 is 17.7 Å².